The molecule has 20 heavy (non-hydrogen) atoms. The number of nitrogens with two attached hydrogens (primary N) is 1. The highest BCUT2D eigenvalue weighted by Gasteiger charge is 2.09. The second kappa shape index (κ2) is 6.91. The van der Waals surface area contributed by atoms with Crippen molar-refractivity contribution in [3.63, 3.8) is 0 Å². The van der Waals surface area contributed by atoms with E-state index in [9.17, 15) is 0 Å². The molecular formula is C16H21N3O. The van der Waals surface area contributed by atoms with Gasteiger partial charge in [-0.1, -0.05) is 0 Å². The topological polar surface area (TPSA) is 51.4 Å². The Morgan fingerprint density at radius 1 is 1.15 bits per heavy atom. The molecule has 0 aliphatic carbocycles. The zero-order valence-electron chi connectivity index (χ0n) is 12.0. The van der Waals surface area contributed by atoms with Crippen molar-refractivity contribution in [3.8, 4) is 5.75 Å². The molecular weight excluding hydrogens is 250 g/mol. The van der Waals surface area contributed by atoms with E-state index in [-0.39, 0.29) is 0 Å². The summed E-state index contributed by atoms with van der Waals surface area (Å²) in [6.45, 7) is 3.56. The maximum absolute atomic E-state index is 5.65. The van der Waals surface area contributed by atoms with Crippen molar-refractivity contribution in [2.75, 3.05) is 25.1 Å². The maximum Gasteiger partial charge on any atom is 0.119 e. The first-order chi connectivity index (χ1) is 9.74. The van der Waals surface area contributed by atoms with Crippen LogP contribution in [0.15, 0.2) is 42.6 Å². The minimum absolute atomic E-state index is 0.677. The van der Waals surface area contributed by atoms with Gasteiger partial charge in [0.1, 0.15) is 5.75 Å². The van der Waals surface area contributed by atoms with E-state index in [0.717, 1.165) is 35.8 Å². The maximum atomic E-state index is 5.65. The van der Waals surface area contributed by atoms with Gasteiger partial charge in [0.15, 0.2) is 0 Å². The lowest BCUT2D eigenvalue weighted by Crippen LogP contribution is -2.21. The van der Waals surface area contributed by atoms with Gasteiger partial charge in [-0.05, 0) is 56.3 Å². The van der Waals surface area contributed by atoms with Crippen LogP contribution in [0, 0.1) is 6.92 Å². The summed E-state index contributed by atoms with van der Waals surface area (Å²) in [4.78, 5) is 6.50. The predicted octanol–water partition coefficient (Wildman–Crippen LogP) is 2.89. The second-order valence-electron chi connectivity index (χ2n) is 4.65. The summed E-state index contributed by atoms with van der Waals surface area (Å²) in [5.74, 6) is 0.860. The molecule has 1 aromatic heterocycles. The van der Waals surface area contributed by atoms with Crippen LogP contribution in [0.3, 0.4) is 0 Å². The van der Waals surface area contributed by atoms with Crippen LogP contribution >= 0.6 is 0 Å². The van der Waals surface area contributed by atoms with E-state index >= 15 is 0 Å². The molecule has 0 spiro atoms. The van der Waals surface area contributed by atoms with Crippen molar-refractivity contribution in [2.24, 2.45) is 5.73 Å². The van der Waals surface area contributed by atoms with Gasteiger partial charge in [-0.25, -0.2) is 0 Å². The monoisotopic (exact) mass is 271 g/mol. The summed E-state index contributed by atoms with van der Waals surface area (Å²) in [6, 6.07) is 12.2. The van der Waals surface area contributed by atoms with Crippen molar-refractivity contribution in [1.82, 2.24) is 4.98 Å². The van der Waals surface area contributed by atoms with E-state index in [1.54, 1.807) is 7.11 Å². The van der Waals surface area contributed by atoms with Gasteiger partial charge in [0.25, 0.3) is 0 Å². The average molecular weight is 271 g/mol. The van der Waals surface area contributed by atoms with Crippen LogP contribution in [0.1, 0.15) is 12.1 Å². The molecule has 0 aliphatic heterocycles. The van der Waals surface area contributed by atoms with Gasteiger partial charge in [0.2, 0.25) is 0 Å². The minimum atomic E-state index is 0.677. The molecule has 0 unspecified atom stereocenters. The number of pyridine rings is 1. The Bertz CT molecular complexity index is 540. The van der Waals surface area contributed by atoms with E-state index in [1.165, 1.54) is 0 Å². The van der Waals surface area contributed by atoms with Gasteiger partial charge in [0, 0.05) is 29.8 Å². The number of hydrogen-bond acceptors (Lipinski definition) is 4. The molecule has 0 radical (unpaired) electrons. The predicted molar refractivity (Wildman–Crippen MR) is 82.6 cm³/mol. The molecule has 0 fully saturated rings. The normalized spacial score (nSPS) is 10.3. The van der Waals surface area contributed by atoms with Crippen LogP contribution in [0.4, 0.5) is 11.4 Å². The SMILES string of the molecule is COc1ccc(N(CCCN)c2ccnc(C)c2)cc1. The zero-order valence-corrected chi connectivity index (χ0v) is 12.0. The van der Waals surface area contributed by atoms with Gasteiger partial charge in [0.05, 0.1) is 7.11 Å². The highest BCUT2D eigenvalue weighted by atomic mass is 16.5. The number of rotatable bonds is 6. The van der Waals surface area contributed by atoms with Crippen LogP contribution in [-0.2, 0) is 0 Å². The first-order valence-corrected chi connectivity index (χ1v) is 6.79. The highest BCUT2D eigenvalue weighted by molar-refractivity contribution is 5.63. The van der Waals surface area contributed by atoms with Crippen molar-refractivity contribution in [3.05, 3.63) is 48.3 Å². The van der Waals surface area contributed by atoms with Crippen LogP contribution in [0.25, 0.3) is 0 Å². The molecule has 0 aliphatic rings. The fourth-order valence-corrected chi connectivity index (χ4v) is 2.12. The first kappa shape index (κ1) is 14.3. The Morgan fingerprint density at radius 2 is 1.90 bits per heavy atom. The molecule has 0 saturated heterocycles. The molecule has 1 heterocycles. The summed E-state index contributed by atoms with van der Waals surface area (Å²) < 4.78 is 5.21. The minimum Gasteiger partial charge on any atom is -0.497 e. The molecule has 106 valence electrons. The van der Waals surface area contributed by atoms with Crippen LogP contribution in [0.5, 0.6) is 5.75 Å². The number of anilines is 2. The summed E-state index contributed by atoms with van der Waals surface area (Å²) in [5.41, 5.74) is 8.92. The molecule has 0 amide bonds. The molecule has 4 nitrogen and oxygen atoms in total. The quantitative estimate of drug-likeness (QED) is 0.877. The molecule has 4 heteroatoms. The number of hydrogen-bond donors (Lipinski definition) is 1. The van der Waals surface area contributed by atoms with E-state index in [0.29, 0.717) is 6.54 Å². The smallest absolute Gasteiger partial charge is 0.119 e. The number of nitrogens with zero attached hydrogens (tertiary/aromatic N) is 2. The Hall–Kier alpha value is -2.07. The van der Waals surface area contributed by atoms with Crippen molar-refractivity contribution in [1.29, 1.82) is 0 Å². The Kier molecular flexibility index (Phi) is 4.96. The first-order valence-electron chi connectivity index (χ1n) is 6.79. The summed E-state index contributed by atoms with van der Waals surface area (Å²) in [6.07, 6.45) is 2.77. The lowest BCUT2D eigenvalue weighted by atomic mass is 10.2. The summed E-state index contributed by atoms with van der Waals surface area (Å²) in [7, 11) is 1.67. The van der Waals surface area contributed by atoms with E-state index in [1.807, 2.05) is 31.3 Å². The third-order valence-corrected chi connectivity index (χ3v) is 3.16. The van der Waals surface area contributed by atoms with Gasteiger partial charge >= 0.3 is 0 Å². The Balaban J connectivity index is 2.30. The van der Waals surface area contributed by atoms with Gasteiger partial charge in [-0.15, -0.1) is 0 Å². The van der Waals surface area contributed by atoms with Crippen LogP contribution in [0.2, 0.25) is 0 Å². The van der Waals surface area contributed by atoms with E-state index in [4.69, 9.17) is 10.5 Å². The molecule has 2 rings (SSSR count). The molecule has 0 atom stereocenters. The van der Waals surface area contributed by atoms with Crippen molar-refractivity contribution >= 4 is 11.4 Å². The summed E-state index contributed by atoms with van der Waals surface area (Å²) in [5, 5.41) is 0. The Labute approximate surface area is 120 Å². The van der Waals surface area contributed by atoms with E-state index in [2.05, 4.69) is 28.1 Å². The molecule has 2 aromatic rings. The number of aromatic nitrogens is 1. The largest absolute Gasteiger partial charge is 0.497 e. The molecule has 2 N–H and O–H groups in total. The number of ether oxygens (including phenoxy) is 1. The van der Waals surface area contributed by atoms with Crippen LogP contribution < -0.4 is 15.4 Å². The number of methoxy groups -OCH3 is 1. The van der Waals surface area contributed by atoms with Crippen molar-refractivity contribution < 1.29 is 4.74 Å². The molecule has 0 bridgehead atoms. The standard InChI is InChI=1S/C16H21N3O/c1-13-12-15(8-10-18-13)19(11-3-9-17)14-4-6-16(20-2)7-5-14/h4-8,10,12H,3,9,11,17H2,1-2H3. The van der Waals surface area contributed by atoms with Gasteiger partial charge in [-0.2, -0.15) is 0 Å². The lowest BCUT2D eigenvalue weighted by Gasteiger charge is -2.25. The Morgan fingerprint density at radius 3 is 2.50 bits per heavy atom. The third-order valence-electron chi connectivity index (χ3n) is 3.16. The fraction of sp³-hybridized carbons (Fsp3) is 0.312. The van der Waals surface area contributed by atoms with Crippen molar-refractivity contribution in [2.45, 2.75) is 13.3 Å². The van der Waals surface area contributed by atoms with Crippen LogP contribution in [-0.4, -0.2) is 25.2 Å². The lowest BCUT2D eigenvalue weighted by molar-refractivity contribution is 0.415. The fourth-order valence-electron chi connectivity index (χ4n) is 2.12. The zero-order chi connectivity index (χ0) is 14.4. The van der Waals surface area contributed by atoms with E-state index < -0.39 is 0 Å². The summed E-state index contributed by atoms with van der Waals surface area (Å²) >= 11 is 0. The highest BCUT2D eigenvalue weighted by Crippen LogP contribution is 2.27. The second-order valence-corrected chi connectivity index (χ2v) is 4.65. The average Bonchev–Trinajstić information content (AvgIpc) is 2.48. The molecule has 1 aromatic carbocycles. The number of aryl methyl sites for hydroxylation is 1. The number of benzene rings is 1. The van der Waals surface area contributed by atoms with Gasteiger partial charge < -0.3 is 15.4 Å². The van der Waals surface area contributed by atoms with Gasteiger partial charge in [-0.3, -0.25) is 4.98 Å². The third kappa shape index (κ3) is 3.48. The molecule has 0 saturated carbocycles.